The number of nitrogens with zero attached hydrogens (tertiary/aromatic N) is 1. The first-order valence-corrected chi connectivity index (χ1v) is 8.61. The van der Waals surface area contributed by atoms with Crippen LogP contribution in [0.2, 0.25) is 0 Å². The normalized spacial score (nSPS) is 25.6. The molecule has 0 aromatic rings. The zero-order valence-electron chi connectivity index (χ0n) is 11.2. The number of likely N-dealkylation sites (N-methyl/N-ethyl adjacent to an activating group) is 1. The fourth-order valence-corrected chi connectivity index (χ4v) is 4.00. The molecule has 18 heavy (non-hydrogen) atoms. The summed E-state index contributed by atoms with van der Waals surface area (Å²) in [6, 6.07) is 0.704. The second kappa shape index (κ2) is 6.32. The Kier molecular flexibility index (Phi) is 5.00. The van der Waals surface area contributed by atoms with Gasteiger partial charge in [0.2, 0.25) is 10.0 Å². The largest absolute Gasteiger partial charge is 0.315 e. The summed E-state index contributed by atoms with van der Waals surface area (Å²) in [6.45, 7) is 6.06. The van der Waals surface area contributed by atoms with Crippen molar-refractivity contribution in [1.29, 1.82) is 0 Å². The van der Waals surface area contributed by atoms with Crippen LogP contribution in [0.15, 0.2) is 0 Å². The van der Waals surface area contributed by atoms with Gasteiger partial charge in [0.1, 0.15) is 0 Å². The zero-order chi connectivity index (χ0) is 13.0. The highest BCUT2D eigenvalue weighted by atomic mass is 32.2. The Morgan fingerprint density at radius 1 is 1.33 bits per heavy atom. The summed E-state index contributed by atoms with van der Waals surface area (Å²) in [5, 5.41) is 2.90. The molecular weight excluding hydrogens is 250 g/mol. The number of sulfonamides is 1. The van der Waals surface area contributed by atoms with Gasteiger partial charge >= 0.3 is 0 Å². The van der Waals surface area contributed by atoms with E-state index in [1.165, 1.54) is 12.8 Å². The lowest BCUT2D eigenvalue weighted by Gasteiger charge is -2.24. The summed E-state index contributed by atoms with van der Waals surface area (Å²) >= 11 is 0. The van der Waals surface area contributed by atoms with Gasteiger partial charge in [0.25, 0.3) is 0 Å². The molecule has 106 valence electrons. The van der Waals surface area contributed by atoms with E-state index in [-0.39, 0.29) is 5.25 Å². The van der Waals surface area contributed by atoms with Crippen molar-refractivity contribution in [2.75, 3.05) is 32.7 Å². The monoisotopic (exact) mass is 275 g/mol. The molecule has 2 fully saturated rings. The van der Waals surface area contributed by atoms with E-state index >= 15 is 0 Å². The van der Waals surface area contributed by atoms with Crippen molar-refractivity contribution in [3.63, 3.8) is 0 Å². The third kappa shape index (κ3) is 3.91. The molecule has 1 saturated heterocycles. The van der Waals surface area contributed by atoms with Crippen molar-refractivity contribution in [2.24, 2.45) is 0 Å². The highest BCUT2D eigenvalue weighted by Gasteiger charge is 2.29. The summed E-state index contributed by atoms with van der Waals surface area (Å²) in [5.41, 5.74) is 0. The standard InChI is InChI=1S/C12H25N3O2S/c1-2-15(11-5-6-11)9-8-14-18(16,17)12-4-3-7-13-10-12/h11-14H,2-10H2,1H3. The van der Waals surface area contributed by atoms with Gasteiger partial charge in [0.15, 0.2) is 0 Å². The maximum atomic E-state index is 12.1. The lowest BCUT2D eigenvalue weighted by Crippen LogP contribution is -2.46. The van der Waals surface area contributed by atoms with E-state index in [0.717, 1.165) is 32.5 Å². The molecule has 2 N–H and O–H groups in total. The summed E-state index contributed by atoms with van der Waals surface area (Å²) in [4.78, 5) is 2.36. The van der Waals surface area contributed by atoms with Crippen LogP contribution >= 0.6 is 0 Å². The molecule has 1 atom stereocenters. The van der Waals surface area contributed by atoms with E-state index in [9.17, 15) is 8.42 Å². The molecule has 1 heterocycles. The molecule has 1 unspecified atom stereocenters. The molecule has 2 aliphatic rings. The van der Waals surface area contributed by atoms with Crippen molar-refractivity contribution in [2.45, 2.75) is 43.9 Å². The van der Waals surface area contributed by atoms with Gasteiger partial charge in [-0.05, 0) is 38.8 Å². The van der Waals surface area contributed by atoms with Crippen LogP contribution in [0.5, 0.6) is 0 Å². The first-order valence-electron chi connectivity index (χ1n) is 7.06. The molecule has 1 aliphatic heterocycles. The van der Waals surface area contributed by atoms with Crippen LogP contribution in [0.25, 0.3) is 0 Å². The maximum absolute atomic E-state index is 12.1. The second-order valence-corrected chi connectivity index (χ2v) is 7.31. The minimum absolute atomic E-state index is 0.248. The lowest BCUT2D eigenvalue weighted by atomic mass is 10.2. The van der Waals surface area contributed by atoms with Crippen LogP contribution in [0.3, 0.4) is 0 Å². The van der Waals surface area contributed by atoms with Crippen LogP contribution in [0.1, 0.15) is 32.6 Å². The Morgan fingerprint density at radius 3 is 2.67 bits per heavy atom. The molecule has 0 aromatic carbocycles. The second-order valence-electron chi connectivity index (χ2n) is 5.27. The van der Waals surface area contributed by atoms with E-state index in [0.29, 0.717) is 19.1 Å². The van der Waals surface area contributed by atoms with Crippen molar-refractivity contribution in [3.8, 4) is 0 Å². The maximum Gasteiger partial charge on any atom is 0.215 e. The Morgan fingerprint density at radius 2 is 2.11 bits per heavy atom. The summed E-state index contributed by atoms with van der Waals surface area (Å²) in [6.07, 6.45) is 4.28. The fraction of sp³-hybridized carbons (Fsp3) is 1.00. The third-order valence-corrected chi connectivity index (χ3v) is 5.75. The van der Waals surface area contributed by atoms with E-state index in [2.05, 4.69) is 21.9 Å². The van der Waals surface area contributed by atoms with Crippen molar-refractivity contribution in [1.82, 2.24) is 14.9 Å². The van der Waals surface area contributed by atoms with E-state index in [1.807, 2.05) is 0 Å². The van der Waals surface area contributed by atoms with Gasteiger partial charge < -0.3 is 5.32 Å². The number of hydrogen-bond acceptors (Lipinski definition) is 4. The zero-order valence-corrected chi connectivity index (χ0v) is 12.0. The average Bonchev–Trinajstić information content (AvgIpc) is 3.20. The summed E-state index contributed by atoms with van der Waals surface area (Å²) in [5.74, 6) is 0. The molecule has 0 aromatic heterocycles. The molecule has 2 rings (SSSR count). The van der Waals surface area contributed by atoms with Crippen LogP contribution in [0.4, 0.5) is 0 Å². The van der Waals surface area contributed by atoms with Gasteiger partial charge in [0, 0.05) is 25.7 Å². The predicted octanol–water partition coefficient (Wildman–Crippen LogP) is 0.142. The Labute approximate surface area is 110 Å². The fourth-order valence-electron chi connectivity index (χ4n) is 2.57. The van der Waals surface area contributed by atoms with Crippen molar-refractivity contribution in [3.05, 3.63) is 0 Å². The molecule has 0 bridgehead atoms. The highest BCUT2D eigenvalue weighted by Crippen LogP contribution is 2.25. The number of rotatable bonds is 7. The predicted molar refractivity (Wildman–Crippen MR) is 73.1 cm³/mol. The van der Waals surface area contributed by atoms with Gasteiger partial charge in [-0.3, -0.25) is 4.90 Å². The molecule has 6 heteroatoms. The summed E-state index contributed by atoms with van der Waals surface area (Å²) in [7, 11) is -3.13. The lowest BCUT2D eigenvalue weighted by molar-refractivity contribution is 0.282. The number of hydrogen-bond donors (Lipinski definition) is 2. The first-order chi connectivity index (χ1) is 8.63. The molecule has 1 aliphatic carbocycles. The molecule has 0 spiro atoms. The van der Waals surface area contributed by atoms with E-state index < -0.39 is 10.0 Å². The summed E-state index contributed by atoms with van der Waals surface area (Å²) < 4.78 is 26.9. The first kappa shape index (κ1) is 14.2. The van der Waals surface area contributed by atoms with Gasteiger partial charge in [-0.2, -0.15) is 0 Å². The Hall–Kier alpha value is -0.170. The highest BCUT2D eigenvalue weighted by molar-refractivity contribution is 7.90. The van der Waals surface area contributed by atoms with Crippen LogP contribution in [-0.2, 0) is 10.0 Å². The van der Waals surface area contributed by atoms with Gasteiger partial charge in [-0.15, -0.1) is 0 Å². The third-order valence-electron chi connectivity index (χ3n) is 3.86. The quantitative estimate of drug-likeness (QED) is 0.694. The molecule has 0 radical (unpaired) electrons. The minimum atomic E-state index is -3.13. The topological polar surface area (TPSA) is 61.4 Å². The van der Waals surface area contributed by atoms with Crippen LogP contribution in [-0.4, -0.2) is 57.3 Å². The van der Waals surface area contributed by atoms with Crippen molar-refractivity contribution >= 4 is 10.0 Å². The molecule has 1 saturated carbocycles. The Bertz CT molecular complexity index is 348. The van der Waals surface area contributed by atoms with Gasteiger partial charge in [-0.25, -0.2) is 13.1 Å². The van der Waals surface area contributed by atoms with Crippen molar-refractivity contribution < 1.29 is 8.42 Å². The van der Waals surface area contributed by atoms with Crippen LogP contribution in [0, 0.1) is 0 Å². The van der Waals surface area contributed by atoms with E-state index in [4.69, 9.17) is 0 Å². The smallest absolute Gasteiger partial charge is 0.215 e. The molecule has 0 amide bonds. The average molecular weight is 275 g/mol. The SMILES string of the molecule is CCN(CCNS(=O)(=O)C1CCCNC1)C1CC1. The van der Waals surface area contributed by atoms with E-state index in [1.54, 1.807) is 0 Å². The van der Waals surface area contributed by atoms with Crippen LogP contribution < -0.4 is 10.0 Å². The Balaban J connectivity index is 1.73. The minimum Gasteiger partial charge on any atom is -0.315 e. The van der Waals surface area contributed by atoms with Gasteiger partial charge in [-0.1, -0.05) is 6.92 Å². The number of piperidine rings is 1. The number of nitrogens with one attached hydrogen (secondary N) is 2. The molecular formula is C12H25N3O2S. The molecule has 5 nitrogen and oxygen atoms in total. The van der Waals surface area contributed by atoms with Gasteiger partial charge in [0.05, 0.1) is 5.25 Å².